The highest BCUT2D eigenvalue weighted by atomic mass is 79.9. The lowest BCUT2D eigenvalue weighted by molar-refractivity contribution is -0.138. The number of carbonyl (C=O) groups is 8. The standard InChI is InChI=1S/C28H28N6O4.C23H20N6O2.C19H14BrN5O2.C9H9NO2.2ClH/c1-28(2,3)38-27(37)34(4)10-6-8-22-21-15-30-33-26(36)20-11-17(12-23(32-22)24(20)21)31-25(35)19-13-18(19)16-7-5-9-29-14-16;1-24-6-3-5-19-18-12-26-29-23(31)17-8-14(9-20(28-19)21(17)18)27-22(30)16-10-15(16)13-4-2-7-25-11-13;20-17-14-8-22-25-19(27)13-4-10(5-15(24-17)16(13)14)23-18(26)12-6-11(12)9-2-1-3-21-7-9;11-9(12)8-4-7(8)6-2-1-3-10-5-6;;/h5,7,9,11-12,14-15,18-19,32H,10,13H2,1-4H3,(H,31,35)(H,33,36);2,4,7-9,11-12,15-16,24,28H,6,10H2,1H3,(H,27,30)(H,29,31);1-5,7-8,11-12,24H,6H2,(H,23,26)(H,25,27);1-3,5,7-8H,4H2,(H,11,12);2*1H/t;15?,16-;;;;/m.1..../s1. The molecule has 11 N–H and O–H groups in total. The Morgan fingerprint density at radius 2 is 0.891 bits per heavy atom. The summed E-state index contributed by atoms with van der Waals surface area (Å²) in [5, 5.41) is 34.6. The number of aromatic nitrogens is 7. The summed E-state index contributed by atoms with van der Waals surface area (Å²) in [5.41, 5.74) is 19.6. The van der Waals surface area contributed by atoms with Gasteiger partial charge in [0.15, 0.2) is 0 Å². The summed E-state index contributed by atoms with van der Waals surface area (Å²) in [5.74, 6) is 10.4. The van der Waals surface area contributed by atoms with Crippen LogP contribution in [0, 0.1) is 47.4 Å². The van der Waals surface area contributed by atoms with Gasteiger partial charge < -0.3 is 51.0 Å². The molecule has 560 valence electrons. The maximum Gasteiger partial charge on any atom is 0.410 e. The van der Waals surface area contributed by atoms with Crippen LogP contribution in [0.3, 0.4) is 0 Å². The molecule has 0 bridgehead atoms. The van der Waals surface area contributed by atoms with E-state index in [4.69, 9.17) is 9.84 Å². The Balaban J connectivity index is 0.000000143. The van der Waals surface area contributed by atoms with Gasteiger partial charge in [0, 0.05) is 141 Å². The van der Waals surface area contributed by atoms with Crippen LogP contribution in [0.2, 0.25) is 0 Å². The van der Waals surface area contributed by atoms with E-state index in [1.165, 1.54) is 11.1 Å². The molecule has 7 amide bonds. The van der Waals surface area contributed by atoms with Crippen LogP contribution in [0.1, 0.15) is 152 Å². The van der Waals surface area contributed by atoms with Crippen LogP contribution in [-0.4, -0.2) is 144 Å². The van der Waals surface area contributed by atoms with E-state index in [9.17, 15) is 38.4 Å². The summed E-state index contributed by atoms with van der Waals surface area (Å²) in [6, 6.07) is 25.8. The van der Waals surface area contributed by atoms with Gasteiger partial charge in [0.2, 0.25) is 17.7 Å². The van der Waals surface area contributed by atoms with Crippen molar-refractivity contribution in [3.8, 4) is 23.7 Å². The van der Waals surface area contributed by atoms with E-state index in [-0.39, 0.29) is 114 Å². The number of benzene rings is 3. The summed E-state index contributed by atoms with van der Waals surface area (Å²) in [6.07, 6.45) is 21.4. The summed E-state index contributed by atoms with van der Waals surface area (Å²) in [6.45, 7) is 6.09. The number of halogens is 3. The van der Waals surface area contributed by atoms with E-state index < -0.39 is 17.7 Å². The molecule has 0 radical (unpaired) electrons. The Labute approximate surface area is 650 Å². The number of carbonyl (C=O) groups excluding carboxylic acids is 7. The molecule has 7 unspecified atom stereocenters. The summed E-state index contributed by atoms with van der Waals surface area (Å²) >= 11 is 3.46. The smallest absolute Gasteiger partial charge is 0.410 e. The highest BCUT2D eigenvalue weighted by Crippen LogP contribution is 2.51. The van der Waals surface area contributed by atoms with Crippen molar-refractivity contribution in [3.63, 3.8) is 0 Å². The van der Waals surface area contributed by atoms with Gasteiger partial charge in [-0.05, 0) is 188 Å². The minimum absolute atomic E-state index is 0. The Kier molecular flexibility index (Phi) is 23.1. The second kappa shape index (κ2) is 33.0. The van der Waals surface area contributed by atoms with Gasteiger partial charge in [0.25, 0.3) is 17.7 Å². The second-order valence-corrected chi connectivity index (χ2v) is 28.6. The molecule has 10 heterocycles. The monoisotopic (exact) mass is 1580 g/mol. The van der Waals surface area contributed by atoms with Crippen LogP contribution in [0.15, 0.2) is 154 Å². The molecule has 17 rings (SSSR count). The van der Waals surface area contributed by atoms with Crippen LogP contribution in [-0.2, 0) is 23.9 Å². The first-order valence-electron chi connectivity index (χ1n) is 34.7. The number of nitrogens with zero attached hydrogens (tertiary/aromatic N) is 8. The van der Waals surface area contributed by atoms with E-state index in [2.05, 4.69) is 127 Å². The Bertz CT molecular complexity index is 5510. The van der Waals surface area contributed by atoms with Crippen LogP contribution in [0.4, 0.5) is 21.9 Å². The fraction of sp³-hybridized carbons (Fsp3) is 0.253. The molecule has 0 saturated heterocycles. The number of nitrogens with one attached hydrogen (secondary N) is 10. The SMILES string of the molecule is CN(CC#Cc1[nH]c2cc(NC(=O)C3CC3c3cccnc3)cc3c2c1C=NNC3=O)C(=O)OC(C)(C)C.CNCC#Cc1[nH]c2cc(NC(=O)[C@@H]3CC3c3cccnc3)cc3c2c1C=NNC3=O.Cl.Cl.O=C(O)C1CC1c1cccnc1.O=C1NN=Cc2c(Br)[nH]c3cc(NC(=O)C4CC4c4cccnc4)cc1c23. The predicted octanol–water partition coefficient (Wildman–Crippen LogP) is 10.8. The summed E-state index contributed by atoms with van der Waals surface area (Å²) in [4.78, 5) is 126. The summed E-state index contributed by atoms with van der Waals surface area (Å²) in [7, 11) is 3.43. The van der Waals surface area contributed by atoms with Gasteiger partial charge >= 0.3 is 12.1 Å². The fourth-order valence-corrected chi connectivity index (χ4v) is 13.9. The third kappa shape index (κ3) is 17.4. The number of rotatable bonds is 13. The number of hydrazone groups is 3. The van der Waals surface area contributed by atoms with Crippen molar-refractivity contribution >= 4 is 157 Å². The molecule has 28 nitrogen and oxygen atoms in total. The number of carboxylic acids is 1. The molecular weight excluding hydrogens is 1510 g/mol. The normalized spacial score (nSPS) is 19.2. The van der Waals surface area contributed by atoms with Crippen molar-refractivity contribution < 1.29 is 48.2 Å². The number of amides is 7. The zero-order valence-electron chi connectivity index (χ0n) is 59.7. The molecule has 0 spiro atoms. The zero-order valence-corrected chi connectivity index (χ0v) is 62.9. The van der Waals surface area contributed by atoms with Crippen molar-refractivity contribution in [1.82, 2.24) is 61.4 Å². The van der Waals surface area contributed by atoms with E-state index >= 15 is 0 Å². The lowest BCUT2D eigenvalue weighted by atomic mass is 10.0. The van der Waals surface area contributed by atoms with Crippen molar-refractivity contribution in [2.75, 3.05) is 43.1 Å². The Morgan fingerprint density at radius 1 is 0.536 bits per heavy atom. The molecule has 110 heavy (non-hydrogen) atoms. The minimum Gasteiger partial charge on any atom is -0.481 e. The quantitative estimate of drug-likeness (QED) is 0.0478. The van der Waals surface area contributed by atoms with E-state index in [0.29, 0.717) is 68.2 Å². The highest BCUT2D eigenvalue weighted by Gasteiger charge is 2.47. The average Bonchev–Trinajstić information content (AvgIpc) is 1.63. The number of anilines is 3. The Morgan fingerprint density at radius 3 is 1.25 bits per heavy atom. The third-order valence-corrected chi connectivity index (χ3v) is 19.7. The molecule has 31 heteroatoms. The van der Waals surface area contributed by atoms with Gasteiger partial charge in [-0.15, -0.1) is 24.8 Å². The van der Waals surface area contributed by atoms with E-state index in [1.54, 1.807) is 114 Å². The van der Waals surface area contributed by atoms with Crippen molar-refractivity contribution in [3.05, 3.63) is 206 Å². The molecule has 8 atom stereocenters. The van der Waals surface area contributed by atoms with Crippen LogP contribution < -0.4 is 37.5 Å². The van der Waals surface area contributed by atoms with Gasteiger partial charge in [0.05, 0.1) is 70.3 Å². The van der Waals surface area contributed by atoms with Gasteiger partial charge in [-0.3, -0.25) is 53.5 Å². The molecule has 7 aromatic heterocycles. The molecule has 3 aliphatic heterocycles. The maximum atomic E-state index is 12.9. The Hall–Kier alpha value is -12.4. The topological polar surface area (TPSA) is 389 Å². The number of aromatic amines is 3. The second-order valence-electron chi connectivity index (χ2n) is 27.8. The number of carboxylic acid groups (broad SMARTS) is 1. The third-order valence-electron chi connectivity index (χ3n) is 19.0. The molecule has 7 aliphatic rings. The molecule has 4 saturated carbocycles. The number of hydrogen-bond acceptors (Lipinski definition) is 17. The zero-order chi connectivity index (χ0) is 75.5. The molecule has 10 aromatic rings. The van der Waals surface area contributed by atoms with Gasteiger partial charge in [-0.1, -0.05) is 36.1 Å². The predicted molar refractivity (Wildman–Crippen MR) is 423 cm³/mol. The average molecular weight is 1590 g/mol. The van der Waals surface area contributed by atoms with Crippen LogP contribution >= 0.6 is 40.7 Å². The van der Waals surface area contributed by atoms with E-state index in [0.717, 1.165) is 85.5 Å². The van der Waals surface area contributed by atoms with Crippen LogP contribution in [0.25, 0.3) is 32.7 Å². The molecular formula is C79H73BrCl2N18O10. The first-order chi connectivity index (χ1) is 52.2. The first-order valence-corrected chi connectivity index (χ1v) is 35.5. The lowest BCUT2D eigenvalue weighted by Gasteiger charge is -2.23. The fourth-order valence-electron chi connectivity index (χ4n) is 13.4. The number of aliphatic carboxylic acids is 1. The number of H-pyrrole nitrogens is 3. The van der Waals surface area contributed by atoms with Crippen molar-refractivity contribution in [2.45, 2.75) is 75.7 Å². The molecule has 4 aliphatic carbocycles. The van der Waals surface area contributed by atoms with Crippen molar-refractivity contribution in [2.24, 2.45) is 39.0 Å². The van der Waals surface area contributed by atoms with Gasteiger partial charge in [-0.25, -0.2) is 21.1 Å². The number of hydrogen-bond donors (Lipinski definition) is 11. The lowest BCUT2D eigenvalue weighted by Crippen LogP contribution is -2.34. The first kappa shape index (κ1) is 77.2. The number of pyridine rings is 4. The highest BCUT2D eigenvalue weighted by molar-refractivity contribution is 9.10. The molecule has 4 fully saturated rings. The van der Waals surface area contributed by atoms with Crippen LogP contribution in [0.5, 0.6) is 0 Å². The summed E-state index contributed by atoms with van der Waals surface area (Å²) < 4.78 is 6.09. The molecule has 3 aromatic carbocycles. The number of ether oxygens (including phenoxy) is 1. The van der Waals surface area contributed by atoms with Crippen molar-refractivity contribution in [1.29, 1.82) is 0 Å². The van der Waals surface area contributed by atoms with Gasteiger partial charge in [0.1, 0.15) is 5.60 Å². The van der Waals surface area contributed by atoms with Gasteiger partial charge in [-0.2, -0.15) is 15.3 Å². The maximum absolute atomic E-state index is 12.9. The largest absolute Gasteiger partial charge is 0.481 e. The minimum atomic E-state index is -0.691. The van der Waals surface area contributed by atoms with E-state index in [1.807, 2.05) is 67.7 Å².